The molecule has 2 fully saturated rings. The molecule has 2 N–H and O–H groups in total. The lowest BCUT2D eigenvalue weighted by atomic mass is 9.95. The highest BCUT2D eigenvalue weighted by Gasteiger charge is 2.40. The van der Waals surface area contributed by atoms with Gasteiger partial charge < -0.3 is 10.4 Å². The van der Waals surface area contributed by atoms with Crippen molar-refractivity contribution in [3.8, 4) is 0 Å². The highest BCUT2D eigenvalue weighted by molar-refractivity contribution is 5.90. The molecule has 1 aromatic carbocycles. The van der Waals surface area contributed by atoms with Gasteiger partial charge in [0.25, 0.3) is 0 Å². The predicted molar refractivity (Wildman–Crippen MR) is 71.3 cm³/mol. The lowest BCUT2D eigenvalue weighted by Crippen LogP contribution is -2.26. The molecular weight excluding hydrogens is 283 g/mol. The molecule has 0 spiro atoms. The first-order chi connectivity index (χ1) is 9.84. The Bertz CT molecular complexity index is 571. The van der Waals surface area contributed by atoms with Gasteiger partial charge in [0.1, 0.15) is 0 Å². The minimum Gasteiger partial charge on any atom is -0.478 e. The summed E-state index contributed by atoms with van der Waals surface area (Å²) in [5.41, 5.74) is -1.45. The van der Waals surface area contributed by atoms with E-state index < -0.39 is 23.3 Å². The van der Waals surface area contributed by atoms with Gasteiger partial charge in [-0.15, -0.1) is 0 Å². The van der Waals surface area contributed by atoms with Crippen molar-refractivity contribution in [1.82, 2.24) is 0 Å². The minimum atomic E-state index is -4.67. The average Bonchev–Trinajstić information content (AvgIpc) is 2.99. The van der Waals surface area contributed by atoms with E-state index in [1.807, 2.05) is 0 Å². The van der Waals surface area contributed by atoms with Crippen molar-refractivity contribution in [2.24, 2.45) is 11.8 Å². The number of rotatable bonds is 3. The van der Waals surface area contributed by atoms with Crippen LogP contribution >= 0.6 is 0 Å². The summed E-state index contributed by atoms with van der Waals surface area (Å²) >= 11 is 0. The molecule has 3 atom stereocenters. The van der Waals surface area contributed by atoms with Crippen molar-refractivity contribution in [3.05, 3.63) is 29.3 Å². The zero-order valence-corrected chi connectivity index (χ0v) is 11.3. The lowest BCUT2D eigenvalue weighted by Gasteiger charge is -2.24. The predicted octanol–water partition coefficient (Wildman–Crippen LogP) is 4.00. The van der Waals surface area contributed by atoms with Gasteiger partial charge in [0.2, 0.25) is 0 Å². The highest BCUT2D eigenvalue weighted by Crippen LogP contribution is 2.45. The van der Waals surface area contributed by atoms with E-state index in [0.717, 1.165) is 31.4 Å². The van der Waals surface area contributed by atoms with Gasteiger partial charge in [-0.05, 0) is 49.3 Å². The third-order valence-corrected chi connectivity index (χ3v) is 4.65. The Morgan fingerprint density at radius 1 is 1.24 bits per heavy atom. The fourth-order valence-electron chi connectivity index (χ4n) is 3.69. The molecule has 2 aliphatic rings. The summed E-state index contributed by atoms with van der Waals surface area (Å²) in [6.07, 6.45) is -0.180. The Kier molecular flexibility index (Phi) is 3.34. The summed E-state index contributed by atoms with van der Waals surface area (Å²) in [6.45, 7) is 0. The molecule has 0 aliphatic heterocycles. The van der Waals surface area contributed by atoms with Crippen molar-refractivity contribution in [1.29, 1.82) is 0 Å². The SMILES string of the molecule is O=C(O)c1ccc(NC2CC3CCC2C3)cc1C(F)(F)F. The molecule has 3 unspecified atom stereocenters. The fourth-order valence-corrected chi connectivity index (χ4v) is 3.69. The van der Waals surface area contributed by atoms with E-state index in [0.29, 0.717) is 17.5 Å². The van der Waals surface area contributed by atoms with Gasteiger partial charge >= 0.3 is 12.1 Å². The van der Waals surface area contributed by atoms with Gasteiger partial charge in [-0.3, -0.25) is 0 Å². The van der Waals surface area contributed by atoms with E-state index in [9.17, 15) is 18.0 Å². The topological polar surface area (TPSA) is 49.3 Å². The van der Waals surface area contributed by atoms with Crippen LogP contribution in [0, 0.1) is 11.8 Å². The van der Waals surface area contributed by atoms with Crippen LogP contribution in [0.5, 0.6) is 0 Å². The van der Waals surface area contributed by atoms with E-state index in [1.165, 1.54) is 12.5 Å². The third kappa shape index (κ3) is 2.71. The van der Waals surface area contributed by atoms with Crippen LogP contribution in [0.4, 0.5) is 18.9 Å². The van der Waals surface area contributed by atoms with Gasteiger partial charge in [-0.25, -0.2) is 4.79 Å². The van der Waals surface area contributed by atoms with Gasteiger partial charge in [0, 0.05) is 11.7 Å². The number of halogens is 3. The second-order valence-electron chi connectivity index (χ2n) is 5.99. The average molecular weight is 299 g/mol. The summed E-state index contributed by atoms with van der Waals surface area (Å²) in [4.78, 5) is 10.9. The van der Waals surface area contributed by atoms with Crippen LogP contribution in [0.1, 0.15) is 41.6 Å². The van der Waals surface area contributed by atoms with Gasteiger partial charge in [0.15, 0.2) is 0 Å². The number of hydrogen-bond acceptors (Lipinski definition) is 2. The van der Waals surface area contributed by atoms with Crippen LogP contribution in [0.15, 0.2) is 18.2 Å². The normalized spacial score (nSPS) is 27.9. The number of alkyl halides is 3. The van der Waals surface area contributed by atoms with E-state index in [2.05, 4.69) is 5.32 Å². The second kappa shape index (κ2) is 4.93. The summed E-state index contributed by atoms with van der Waals surface area (Å²) < 4.78 is 38.9. The first-order valence-corrected chi connectivity index (χ1v) is 7.05. The van der Waals surface area contributed by atoms with Crippen LogP contribution in [0.25, 0.3) is 0 Å². The maximum Gasteiger partial charge on any atom is 0.417 e. The van der Waals surface area contributed by atoms with Crippen molar-refractivity contribution in [3.63, 3.8) is 0 Å². The number of anilines is 1. The Hall–Kier alpha value is -1.72. The molecule has 0 heterocycles. The van der Waals surface area contributed by atoms with Crippen LogP contribution in [-0.4, -0.2) is 17.1 Å². The van der Waals surface area contributed by atoms with Gasteiger partial charge in [-0.2, -0.15) is 13.2 Å². The molecule has 0 radical (unpaired) electrons. The molecule has 6 heteroatoms. The van der Waals surface area contributed by atoms with E-state index in [4.69, 9.17) is 5.11 Å². The summed E-state index contributed by atoms with van der Waals surface area (Å²) in [5, 5.41) is 12.0. The smallest absolute Gasteiger partial charge is 0.417 e. The van der Waals surface area contributed by atoms with Crippen LogP contribution in [-0.2, 0) is 6.18 Å². The van der Waals surface area contributed by atoms with Gasteiger partial charge in [-0.1, -0.05) is 6.42 Å². The first-order valence-electron chi connectivity index (χ1n) is 7.05. The molecule has 1 aromatic rings. The Morgan fingerprint density at radius 3 is 2.52 bits per heavy atom. The molecule has 2 saturated carbocycles. The van der Waals surface area contributed by atoms with Crippen LogP contribution in [0.3, 0.4) is 0 Å². The number of aromatic carboxylic acids is 1. The monoisotopic (exact) mass is 299 g/mol. The summed E-state index contributed by atoms with van der Waals surface area (Å²) in [5.74, 6) is -0.342. The molecule has 0 saturated heterocycles. The van der Waals surface area contributed by atoms with E-state index >= 15 is 0 Å². The van der Waals surface area contributed by atoms with Crippen molar-refractivity contribution < 1.29 is 23.1 Å². The second-order valence-corrected chi connectivity index (χ2v) is 5.99. The van der Waals surface area contributed by atoms with E-state index in [-0.39, 0.29) is 6.04 Å². The molecule has 3 nitrogen and oxygen atoms in total. The zero-order chi connectivity index (χ0) is 15.2. The van der Waals surface area contributed by atoms with Crippen molar-refractivity contribution in [2.75, 3.05) is 5.32 Å². The lowest BCUT2D eigenvalue weighted by molar-refractivity contribution is -0.138. The summed E-state index contributed by atoms with van der Waals surface area (Å²) in [7, 11) is 0. The molecule has 2 aliphatic carbocycles. The Morgan fingerprint density at radius 2 is 2.00 bits per heavy atom. The summed E-state index contributed by atoms with van der Waals surface area (Å²) in [6, 6.07) is 3.57. The Labute approximate surface area is 120 Å². The quantitative estimate of drug-likeness (QED) is 0.886. The number of carboxylic acid groups (broad SMARTS) is 1. The van der Waals surface area contributed by atoms with Crippen molar-refractivity contribution >= 4 is 11.7 Å². The third-order valence-electron chi connectivity index (χ3n) is 4.65. The Balaban J connectivity index is 1.85. The molecule has 21 heavy (non-hydrogen) atoms. The largest absolute Gasteiger partial charge is 0.478 e. The maximum absolute atomic E-state index is 13.0. The van der Waals surface area contributed by atoms with Crippen molar-refractivity contribution in [2.45, 2.75) is 37.9 Å². The number of carboxylic acids is 1. The standard InChI is InChI=1S/C15H16F3NO2/c16-15(17,18)12-7-10(3-4-11(12)14(20)21)19-13-6-8-1-2-9(13)5-8/h3-4,7-9,13,19H,1-2,5-6H2,(H,20,21). The number of nitrogens with one attached hydrogen (secondary N) is 1. The number of benzene rings is 1. The van der Waals surface area contributed by atoms with Gasteiger partial charge in [0.05, 0.1) is 11.1 Å². The number of hydrogen-bond donors (Lipinski definition) is 2. The first kappa shape index (κ1) is 14.2. The maximum atomic E-state index is 13.0. The molecule has 114 valence electrons. The minimum absolute atomic E-state index is 0.209. The molecule has 0 amide bonds. The zero-order valence-electron chi connectivity index (χ0n) is 11.3. The van der Waals surface area contributed by atoms with Crippen LogP contribution in [0.2, 0.25) is 0 Å². The number of fused-ring (bicyclic) bond motifs is 2. The fraction of sp³-hybridized carbons (Fsp3) is 0.533. The number of carbonyl (C=O) groups is 1. The van der Waals surface area contributed by atoms with Crippen LogP contribution < -0.4 is 5.32 Å². The van der Waals surface area contributed by atoms with E-state index in [1.54, 1.807) is 0 Å². The molecular formula is C15H16F3NO2. The molecule has 3 rings (SSSR count). The highest BCUT2D eigenvalue weighted by atomic mass is 19.4. The molecule has 2 bridgehead atoms. The molecule has 0 aromatic heterocycles.